The van der Waals surface area contributed by atoms with Crippen LogP contribution in [0.2, 0.25) is 10.0 Å². The molecule has 5 nitrogen and oxygen atoms in total. The van der Waals surface area contributed by atoms with Crippen molar-refractivity contribution in [2.24, 2.45) is 0 Å². The van der Waals surface area contributed by atoms with Crippen LogP contribution in [-0.2, 0) is 33.9 Å². The van der Waals surface area contributed by atoms with Crippen molar-refractivity contribution in [1.82, 2.24) is 0 Å². The van der Waals surface area contributed by atoms with E-state index >= 15 is 0 Å². The summed E-state index contributed by atoms with van der Waals surface area (Å²) in [6.07, 6.45) is -0.825. The third-order valence-corrected chi connectivity index (χ3v) is 4.59. The molecule has 1 unspecified atom stereocenters. The smallest absolute Gasteiger partial charge is 0.333 e. The number of rotatable bonds is 10. The second-order valence-corrected chi connectivity index (χ2v) is 7.43. The standard InChI is InChI=1S/C21H24Cl2O5/c1-13(2)28-20(21(24)25)9-14-4-7-19(26-3)16(8-14)12-27-11-15-5-6-17(22)10-18(15)23/h4-8,10,13,20H,9,11-12H2,1-3H3,(H,24,25). The van der Waals surface area contributed by atoms with Gasteiger partial charge in [-0.15, -0.1) is 0 Å². The van der Waals surface area contributed by atoms with Crippen molar-refractivity contribution < 1.29 is 24.1 Å². The van der Waals surface area contributed by atoms with Crippen LogP contribution < -0.4 is 4.74 Å². The molecule has 2 aromatic carbocycles. The molecule has 0 bridgehead atoms. The molecule has 0 saturated carbocycles. The van der Waals surface area contributed by atoms with Gasteiger partial charge >= 0.3 is 5.97 Å². The lowest BCUT2D eigenvalue weighted by Gasteiger charge is -2.18. The number of hydrogen-bond donors (Lipinski definition) is 1. The molecule has 0 radical (unpaired) electrons. The van der Waals surface area contributed by atoms with Crippen LogP contribution >= 0.6 is 23.2 Å². The maximum atomic E-state index is 11.4. The van der Waals surface area contributed by atoms with E-state index in [9.17, 15) is 9.90 Å². The summed E-state index contributed by atoms with van der Waals surface area (Å²) in [4.78, 5) is 11.4. The lowest BCUT2D eigenvalue weighted by Crippen LogP contribution is -2.29. The summed E-state index contributed by atoms with van der Waals surface area (Å²) in [7, 11) is 1.58. The van der Waals surface area contributed by atoms with Gasteiger partial charge in [-0.25, -0.2) is 4.79 Å². The molecule has 1 atom stereocenters. The first-order valence-electron chi connectivity index (χ1n) is 8.86. The largest absolute Gasteiger partial charge is 0.496 e. The fourth-order valence-electron chi connectivity index (χ4n) is 2.72. The number of ether oxygens (including phenoxy) is 3. The van der Waals surface area contributed by atoms with E-state index in [1.165, 1.54) is 0 Å². The van der Waals surface area contributed by atoms with Gasteiger partial charge in [0.1, 0.15) is 5.75 Å². The van der Waals surface area contributed by atoms with Gasteiger partial charge < -0.3 is 19.3 Å². The van der Waals surface area contributed by atoms with E-state index in [1.54, 1.807) is 25.3 Å². The molecule has 0 spiro atoms. The van der Waals surface area contributed by atoms with Gasteiger partial charge in [-0.1, -0.05) is 35.3 Å². The van der Waals surface area contributed by atoms with Gasteiger partial charge in [0.05, 0.1) is 26.4 Å². The Labute approximate surface area is 175 Å². The van der Waals surface area contributed by atoms with Gasteiger partial charge in [0.25, 0.3) is 0 Å². The fourth-order valence-corrected chi connectivity index (χ4v) is 3.18. The van der Waals surface area contributed by atoms with Crippen LogP contribution in [0.15, 0.2) is 36.4 Å². The lowest BCUT2D eigenvalue weighted by atomic mass is 10.0. The van der Waals surface area contributed by atoms with E-state index in [1.807, 2.05) is 32.0 Å². The van der Waals surface area contributed by atoms with Crippen molar-refractivity contribution in [2.45, 2.75) is 45.7 Å². The number of carbonyl (C=O) groups is 1. The van der Waals surface area contributed by atoms with E-state index in [4.69, 9.17) is 37.4 Å². The Morgan fingerprint density at radius 2 is 1.79 bits per heavy atom. The first-order chi connectivity index (χ1) is 13.3. The molecule has 0 saturated heterocycles. The monoisotopic (exact) mass is 426 g/mol. The molecule has 0 amide bonds. The van der Waals surface area contributed by atoms with E-state index in [-0.39, 0.29) is 12.5 Å². The minimum absolute atomic E-state index is 0.175. The molecule has 0 heterocycles. The average Bonchev–Trinajstić information content (AvgIpc) is 2.63. The third-order valence-electron chi connectivity index (χ3n) is 4.01. The van der Waals surface area contributed by atoms with Crippen molar-refractivity contribution in [1.29, 1.82) is 0 Å². The van der Waals surface area contributed by atoms with Crippen LogP contribution in [0.25, 0.3) is 0 Å². The molecule has 2 aromatic rings. The van der Waals surface area contributed by atoms with Crippen molar-refractivity contribution in [3.05, 3.63) is 63.1 Å². The highest BCUT2D eigenvalue weighted by atomic mass is 35.5. The van der Waals surface area contributed by atoms with Crippen LogP contribution in [0.3, 0.4) is 0 Å². The van der Waals surface area contributed by atoms with Gasteiger partial charge in [0.15, 0.2) is 6.10 Å². The Morgan fingerprint density at radius 3 is 2.39 bits per heavy atom. The first-order valence-corrected chi connectivity index (χ1v) is 9.61. The maximum Gasteiger partial charge on any atom is 0.333 e. The van der Waals surface area contributed by atoms with E-state index in [2.05, 4.69) is 0 Å². The number of carboxylic acid groups (broad SMARTS) is 1. The van der Waals surface area contributed by atoms with Crippen LogP contribution in [0.5, 0.6) is 5.75 Å². The number of aliphatic carboxylic acids is 1. The lowest BCUT2D eigenvalue weighted by molar-refractivity contribution is -0.153. The third kappa shape index (κ3) is 6.67. The van der Waals surface area contributed by atoms with Gasteiger partial charge in [0.2, 0.25) is 0 Å². The molecule has 0 aliphatic heterocycles. The average molecular weight is 427 g/mol. The highest BCUT2D eigenvalue weighted by Crippen LogP contribution is 2.25. The molecule has 28 heavy (non-hydrogen) atoms. The quantitative estimate of drug-likeness (QED) is 0.569. The number of halogens is 2. The van der Waals surface area contributed by atoms with Crippen molar-refractivity contribution >= 4 is 29.2 Å². The van der Waals surface area contributed by atoms with Crippen LogP contribution in [0, 0.1) is 0 Å². The van der Waals surface area contributed by atoms with Gasteiger partial charge in [0, 0.05) is 22.0 Å². The van der Waals surface area contributed by atoms with Crippen molar-refractivity contribution in [3.63, 3.8) is 0 Å². The molecule has 0 aromatic heterocycles. The maximum absolute atomic E-state index is 11.4. The van der Waals surface area contributed by atoms with E-state index in [0.717, 1.165) is 16.7 Å². The normalized spacial score (nSPS) is 12.2. The summed E-state index contributed by atoms with van der Waals surface area (Å²) in [5.41, 5.74) is 2.48. The van der Waals surface area contributed by atoms with Crippen LogP contribution in [0.4, 0.5) is 0 Å². The molecule has 0 aliphatic rings. The Kier molecular flexibility index (Phi) is 8.58. The summed E-state index contributed by atoms with van der Waals surface area (Å²) in [5.74, 6) is -0.317. The number of benzene rings is 2. The Bertz CT molecular complexity index is 807. The zero-order valence-corrected chi connectivity index (χ0v) is 17.6. The predicted molar refractivity (Wildman–Crippen MR) is 109 cm³/mol. The minimum atomic E-state index is -0.986. The highest BCUT2D eigenvalue weighted by molar-refractivity contribution is 6.35. The van der Waals surface area contributed by atoms with Gasteiger partial charge in [-0.2, -0.15) is 0 Å². The molecule has 0 aliphatic carbocycles. The molecular weight excluding hydrogens is 403 g/mol. The molecule has 7 heteroatoms. The first kappa shape index (κ1) is 22.5. The number of methoxy groups -OCH3 is 1. The van der Waals surface area contributed by atoms with E-state index < -0.39 is 12.1 Å². The van der Waals surface area contributed by atoms with E-state index in [0.29, 0.717) is 29.0 Å². The van der Waals surface area contributed by atoms with Crippen LogP contribution in [0.1, 0.15) is 30.5 Å². The minimum Gasteiger partial charge on any atom is -0.496 e. The molecule has 152 valence electrons. The Balaban J connectivity index is 2.08. The topological polar surface area (TPSA) is 65.0 Å². The fraction of sp³-hybridized carbons (Fsp3) is 0.381. The Hall–Kier alpha value is -1.79. The summed E-state index contributed by atoms with van der Waals surface area (Å²) < 4.78 is 16.7. The SMILES string of the molecule is COc1ccc(CC(OC(C)C)C(=O)O)cc1COCc1ccc(Cl)cc1Cl. The number of hydrogen-bond acceptors (Lipinski definition) is 4. The Morgan fingerprint density at radius 1 is 1.07 bits per heavy atom. The van der Waals surface area contributed by atoms with Gasteiger partial charge in [-0.05, 0) is 49.2 Å². The van der Waals surface area contributed by atoms with Crippen molar-refractivity contribution in [3.8, 4) is 5.75 Å². The zero-order chi connectivity index (χ0) is 20.7. The highest BCUT2D eigenvalue weighted by Gasteiger charge is 2.20. The molecule has 1 N–H and O–H groups in total. The predicted octanol–water partition coefficient (Wildman–Crippen LogP) is 5.14. The summed E-state index contributed by atoms with van der Waals surface area (Å²) in [6.45, 7) is 4.23. The molecule has 2 rings (SSSR count). The van der Waals surface area contributed by atoms with Gasteiger partial charge in [-0.3, -0.25) is 0 Å². The molecule has 0 fully saturated rings. The molecular formula is C21H24Cl2O5. The second kappa shape index (κ2) is 10.7. The summed E-state index contributed by atoms with van der Waals surface area (Å²) in [5, 5.41) is 10.5. The number of carboxylic acids is 1. The zero-order valence-electron chi connectivity index (χ0n) is 16.1. The second-order valence-electron chi connectivity index (χ2n) is 6.59. The van der Waals surface area contributed by atoms with Crippen LogP contribution in [-0.4, -0.2) is 30.4 Å². The summed E-state index contributed by atoms with van der Waals surface area (Å²) in [6, 6.07) is 10.8. The summed E-state index contributed by atoms with van der Waals surface area (Å²) >= 11 is 12.1. The van der Waals surface area contributed by atoms with Crippen molar-refractivity contribution in [2.75, 3.05) is 7.11 Å².